The lowest BCUT2D eigenvalue weighted by atomic mass is 10.2. The van der Waals surface area contributed by atoms with E-state index in [1.54, 1.807) is 0 Å². The summed E-state index contributed by atoms with van der Waals surface area (Å²) in [5.74, 6) is -0.560. The van der Waals surface area contributed by atoms with Gasteiger partial charge in [-0.3, -0.25) is 4.55 Å². The second kappa shape index (κ2) is 9.92. The molecule has 0 heterocycles. The first kappa shape index (κ1) is 20.1. The molecule has 0 saturated heterocycles. The van der Waals surface area contributed by atoms with Gasteiger partial charge >= 0.3 is 5.97 Å². The topological polar surface area (TPSA) is 80.7 Å². The number of esters is 1. The molecule has 0 aromatic heterocycles. The minimum atomic E-state index is -3.85. The van der Waals surface area contributed by atoms with E-state index in [1.807, 2.05) is 0 Å². The fraction of sp³-hybridized carbons (Fsp3) is 0.786. The third kappa shape index (κ3) is 13.8. The maximum absolute atomic E-state index is 10.8. The predicted molar refractivity (Wildman–Crippen MR) is 82.5 cm³/mol. The Morgan fingerprint density at radius 2 is 1.71 bits per heavy atom. The van der Waals surface area contributed by atoms with E-state index in [2.05, 4.69) is 20.7 Å². The predicted octanol–water partition coefficient (Wildman–Crippen LogP) is 1.63. The van der Waals surface area contributed by atoms with Gasteiger partial charge in [0, 0.05) is 12.5 Å². The van der Waals surface area contributed by atoms with Gasteiger partial charge in [0.05, 0.1) is 39.5 Å². The number of unbranched alkanes of at least 4 members (excludes halogenated alkanes) is 3. The highest BCUT2D eigenvalue weighted by Crippen LogP contribution is 2.07. The van der Waals surface area contributed by atoms with Gasteiger partial charge in [0.15, 0.2) is 0 Å². The van der Waals surface area contributed by atoms with E-state index in [0.29, 0.717) is 13.0 Å². The molecule has 7 heteroatoms. The lowest BCUT2D eigenvalue weighted by Gasteiger charge is -2.29. The maximum atomic E-state index is 10.8. The summed E-state index contributed by atoms with van der Waals surface area (Å²) in [4.78, 5) is 10.8. The first-order valence-electron chi connectivity index (χ1n) is 7.23. The standard InChI is InChI=1S/C14H27NO5S/c1-4-14(16)20-12-8-6-5-7-10-15(2,3)11-9-13-21(17,18)19/h4H,1,5-13H2,2-3H3/p+1. The largest absolute Gasteiger partial charge is 0.463 e. The summed E-state index contributed by atoms with van der Waals surface area (Å²) < 4.78 is 35.6. The molecule has 21 heavy (non-hydrogen) atoms. The van der Waals surface area contributed by atoms with Crippen LogP contribution in [0.25, 0.3) is 0 Å². The van der Waals surface area contributed by atoms with Crippen molar-refractivity contribution in [2.75, 3.05) is 39.5 Å². The Labute approximate surface area is 128 Å². The van der Waals surface area contributed by atoms with Crippen molar-refractivity contribution in [1.29, 1.82) is 0 Å². The molecular formula is C14H28NO5S+. The molecule has 0 bridgehead atoms. The van der Waals surface area contributed by atoms with E-state index < -0.39 is 10.1 Å². The number of nitrogens with zero attached hydrogens (tertiary/aromatic N) is 1. The Morgan fingerprint density at radius 3 is 2.29 bits per heavy atom. The second-order valence-corrected chi connectivity index (χ2v) is 7.38. The minimum Gasteiger partial charge on any atom is -0.463 e. The normalized spacial score (nSPS) is 12.1. The van der Waals surface area contributed by atoms with Crippen LogP contribution in [0.2, 0.25) is 0 Å². The van der Waals surface area contributed by atoms with Crippen LogP contribution in [0.5, 0.6) is 0 Å². The molecule has 0 atom stereocenters. The smallest absolute Gasteiger partial charge is 0.330 e. The number of carbonyl (C=O) groups excluding carboxylic acids is 1. The zero-order chi connectivity index (χ0) is 16.4. The number of hydrogen-bond donors (Lipinski definition) is 1. The molecule has 0 amide bonds. The SMILES string of the molecule is C=CC(=O)OCCCCCC[N+](C)(C)CCCS(=O)(=O)O. The van der Waals surface area contributed by atoms with Gasteiger partial charge in [-0.1, -0.05) is 6.58 Å². The van der Waals surface area contributed by atoms with E-state index in [1.165, 1.54) is 0 Å². The van der Waals surface area contributed by atoms with Crippen molar-refractivity contribution in [3.8, 4) is 0 Å². The van der Waals surface area contributed by atoms with E-state index in [0.717, 1.165) is 49.3 Å². The van der Waals surface area contributed by atoms with Gasteiger partial charge in [-0.25, -0.2) is 4.79 Å². The molecule has 0 spiro atoms. The number of hydrogen-bond acceptors (Lipinski definition) is 4. The Kier molecular flexibility index (Phi) is 9.48. The van der Waals surface area contributed by atoms with Crippen LogP contribution in [0.1, 0.15) is 32.1 Å². The molecule has 0 unspecified atom stereocenters. The Hall–Kier alpha value is -0.920. The molecule has 1 N–H and O–H groups in total. The van der Waals surface area contributed by atoms with Crippen molar-refractivity contribution in [2.24, 2.45) is 0 Å². The lowest BCUT2D eigenvalue weighted by molar-refractivity contribution is -0.890. The number of ether oxygens (including phenoxy) is 1. The molecule has 124 valence electrons. The van der Waals surface area contributed by atoms with E-state index >= 15 is 0 Å². The van der Waals surface area contributed by atoms with Crippen molar-refractivity contribution in [3.63, 3.8) is 0 Å². The van der Waals surface area contributed by atoms with Crippen molar-refractivity contribution in [3.05, 3.63) is 12.7 Å². The van der Waals surface area contributed by atoms with Crippen molar-refractivity contribution >= 4 is 16.1 Å². The molecular weight excluding hydrogens is 294 g/mol. The van der Waals surface area contributed by atoms with E-state index in [-0.39, 0.29) is 11.7 Å². The van der Waals surface area contributed by atoms with Crippen LogP contribution in [0.3, 0.4) is 0 Å². The van der Waals surface area contributed by atoms with Crippen LogP contribution in [-0.2, 0) is 19.6 Å². The summed E-state index contributed by atoms with van der Waals surface area (Å²) in [6.45, 7) is 5.43. The Bertz CT molecular complexity index is 417. The molecule has 6 nitrogen and oxygen atoms in total. The van der Waals surface area contributed by atoms with Crippen LogP contribution in [0.4, 0.5) is 0 Å². The summed E-state index contributed by atoms with van der Waals surface area (Å²) in [5.41, 5.74) is 0. The molecule has 0 radical (unpaired) electrons. The van der Waals surface area contributed by atoms with Gasteiger partial charge in [0.25, 0.3) is 10.1 Å². The van der Waals surface area contributed by atoms with Crippen LogP contribution in [0.15, 0.2) is 12.7 Å². The molecule has 0 fully saturated rings. The molecule has 0 aromatic rings. The Balaban J connectivity index is 3.61. The molecule has 0 aliphatic carbocycles. The van der Waals surface area contributed by atoms with Gasteiger partial charge in [-0.2, -0.15) is 8.42 Å². The fourth-order valence-electron chi connectivity index (χ4n) is 2.01. The molecule has 0 saturated carbocycles. The molecule has 0 aliphatic heterocycles. The summed E-state index contributed by atoms with van der Waals surface area (Å²) in [7, 11) is 0.253. The van der Waals surface area contributed by atoms with Crippen molar-refractivity contribution in [2.45, 2.75) is 32.1 Å². The van der Waals surface area contributed by atoms with Crippen molar-refractivity contribution in [1.82, 2.24) is 0 Å². The Morgan fingerprint density at radius 1 is 1.14 bits per heavy atom. The fourth-order valence-corrected chi connectivity index (χ4v) is 2.51. The summed E-state index contributed by atoms with van der Waals surface area (Å²) in [6.07, 6.45) is 5.54. The van der Waals surface area contributed by atoms with Crippen LogP contribution in [-0.4, -0.2) is 63.0 Å². The third-order valence-corrected chi connectivity index (χ3v) is 4.04. The van der Waals surface area contributed by atoms with Gasteiger partial charge in [-0.15, -0.1) is 0 Å². The van der Waals surface area contributed by atoms with Crippen molar-refractivity contribution < 1.29 is 27.0 Å². The molecule has 0 aliphatic rings. The summed E-state index contributed by atoms with van der Waals surface area (Å²) >= 11 is 0. The van der Waals surface area contributed by atoms with Gasteiger partial charge in [0.1, 0.15) is 0 Å². The van der Waals surface area contributed by atoms with Gasteiger partial charge < -0.3 is 9.22 Å². The highest BCUT2D eigenvalue weighted by atomic mass is 32.2. The molecule has 0 aromatic carbocycles. The van der Waals surface area contributed by atoms with Crippen LogP contribution >= 0.6 is 0 Å². The van der Waals surface area contributed by atoms with Gasteiger partial charge in [0.2, 0.25) is 0 Å². The lowest BCUT2D eigenvalue weighted by Crippen LogP contribution is -2.41. The third-order valence-electron chi connectivity index (χ3n) is 3.23. The number of rotatable bonds is 12. The zero-order valence-corrected chi connectivity index (χ0v) is 13.9. The summed E-state index contributed by atoms with van der Waals surface area (Å²) in [6, 6.07) is 0. The maximum Gasteiger partial charge on any atom is 0.330 e. The highest BCUT2D eigenvalue weighted by Gasteiger charge is 2.16. The average Bonchev–Trinajstić information content (AvgIpc) is 2.35. The zero-order valence-electron chi connectivity index (χ0n) is 13.1. The van der Waals surface area contributed by atoms with E-state index in [9.17, 15) is 13.2 Å². The first-order valence-corrected chi connectivity index (χ1v) is 8.83. The number of quaternary nitrogens is 1. The van der Waals surface area contributed by atoms with E-state index in [4.69, 9.17) is 9.29 Å². The van der Waals surface area contributed by atoms with Crippen LogP contribution in [0, 0.1) is 0 Å². The summed E-state index contributed by atoms with van der Waals surface area (Å²) in [5, 5.41) is 0. The number of carbonyl (C=O) groups is 1. The van der Waals surface area contributed by atoms with Gasteiger partial charge in [-0.05, 0) is 25.7 Å². The first-order chi connectivity index (χ1) is 9.66. The minimum absolute atomic E-state index is 0.177. The van der Waals surface area contributed by atoms with Crippen LogP contribution < -0.4 is 0 Å². The highest BCUT2D eigenvalue weighted by molar-refractivity contribution is 7.85. The average molecular weight is 322 g/mol. The monoisotopic (exact) mass is 322 g/mol. The second-order valence-electron chi connectivity index (χ2n) is 5.81. The quantitative estimate of drug-likeness (QED) is 0.194. The molecule has 0 rings (SSSR count).